The first-order valence-corrected chi connectivity index (χ1v) is 9.79. The van der Waals surface area contributed by atoms with Gasteiger partial charge in [0.05, 0.1) is 6.04 Å². The van der Waals surface area contributed by atoms with Crippen molar-refractivity contribution in [1.82, 2.24) is 5.32 Å². The SMILES string of the molecule is CC(=O)N[C@@H]1C(=O)C[C@@H]2[C@@H]3CCC4=CC(=O)CC[C@@]4(C)[C@@H]3CC[C@]12C. The van der Waals surface area contributed by atoms with Gasteiger partial charge in [-0.2, -0.15) is 0 Å². The van der Waals surface area contributed by atoms with Crippen molar-refractivity contribution < 1.29 is 14.4 Å². The molecule has 0 heterocycles. The van der Waals surface area contributed by atoms with Crippen LogP contribution in [-0.2, 0) is 14.4 Å². The molecule has 0 aliphatic heterocycles. The minimum atomic E-state index is -0.311. The summed E-state index contributed by atoms with van der Waals surface area (Å²) < 4.78 is 0. The third kappa shape index (κ3) is 2.36. The molecule has 4 nitrogen and oxygen atoms in total. The second-order valence-electron chi connectivity index (χ2n) is 9.32. The molecule has 0 bridgehead atoms. The third-order valence-corrected chi connectivity index (χ3v) is 8.15. The number of ketones is 2. The van der Waals surface area contributed by atoms with Gasteiger partial charge in [0.15, 0.2) is 11.6 Å². The number of fused-ring (bicyclic) bond motifs is 5. The maximum atomic E-state index is 12.7. The van der Waals surface area contributed by atoms with Crippen LogP contribution in [0.5, 0.6) is 0 Å². The molecule has 136 valence electrons. The molecular weight excluding hydrogens is 314 g/mol. The summed E-state index contributed by atoms with van der Waals surface area (Å²) in [5.41, 5.74) is 1.38. The number of Topliss-reactive ketones (excluding diaryl/α,β-unsaturated/α-hetero) is 1. The van der Waals surface area contributed by atoms with Crippen LogP contribution in [0.2, 0.25) is 0 Å². The predicted molar refractivity (Wildman–Crippen MR) is 94.7 cm³/mol. The topological polar surface area (TPSA) is 63.2 Å². The number of rotatable bonds is 1. The van der Waals surface area contributed by atoms with Gasteiger partial charge >= 0.3 is 0 Å². The Morgan fingerprint density at radius 3 is 2.60 bits per heavy atom. The van der Waals surface area contributed by atoms with Crippen molar-refractivity contribution in [3.63, 3.8) is 0 Å². The van der Waals surface area contributed by atoms with Crippen molar-refractivity contribution in [2.45, 2.75) is 71.8 Å². The maximum Gasteiger partial charge on any atom is 0.217 e. The molecule has 0 spiro atoms. The minimum Gasteiger partial charge on any atom is -0.346 e. The Morgan fingerprint density at radius 1 is 1.12 bits per heavy atom. The molecular formula is C21H29NO3. The van der Waals surface area contributed by atoms with E-state index in [2.05, 4.69) is 19.2 Å². The highest BCUT2D eigenvalue weighted by molar-refractivity contribution is 5.92. The van der Waals surface area contributed by atoms with Gasteiger partial charge in [0.25, 0.3) is 0 Å². The van der Waals surface area contributed by atoms with Crippen LogP contribution in [0.4, 0.5) is 0 Å². The largest absolute Gasteiger partial charge is 0.346 e. The van der Waals surface area contributed by atoms with Crippen LogP contribution in [0, 0.1) is 28.6 Å². The van der Waals surface area contributed by atoms with Gasteiger partial charge in [0, 0.05) is 19.8 Å². The zero-order valence-corrected chi connectivity index (χ0v) is 15.6. The fourth-order valence-electron chi connectivity index (χ4n) is 6.80. The van der Waals surface area contributed by atoms with E-state index in [9.17, 15) is 14.4 Å². The van der Waals surface area contributed by atoms with E-state index in [0.29, 0.717) is 30.6 Å². The first-order chi connectivity index (χ1) is 11.8. The van der Waals surface area contributed by atoms with E-state index in [4.69, 9.17) is 0 Å². The lowest BCUT2D eigenvalue weighted by atomic mass is 9.47. The quantitative estimate of drug-likeness (QED) is 0.795. The predicted octanol–water partition coefficient (Wildman–Crippen LogP) is 3.20. The highest BCUT2D eigenvalue weighted by Crippen LogP contribution is 2.64. The Bertz CT molecular complexity index is 681. The molecule has 3 fully saturated rings. The minimum absolute atomic E-state index is 0.103. The van der Waals surface area contributed by atoms with Crippen LogP contribution < -0.4 is 5.32 Å². The molecule has 1 amide bonds. The van der Waals surface area contributed by atoms with Crippen molar-refractivity contribution in [2.75, 3.05) is 0 Å². The Balaban J connectivity index is 1.66. The number of carbonyl (C=O) groups is 3. The van der Waals surface area contributed by atoms with Crippen LogP contribution >= 0.6 is 0 Å². The molecule has 1 N–H and O–H groups in total. The van der Waals surface area contributed by atoms with Crippen LogP contribution in [0.25, 0.3) is 0 Å². The number of hydrogen-bond donors (Lipinski definition) is 1. The lowest BCUT2D eigenvalue weighted by Gasteiger charge is -2.57. The Hall–Kier alpha value is -1.45. The lowest BCUT2D eigenvalue weighted by molar-refractivity contribution is -0.127. The molecule has 25 heavy (non-hydrogen) atoms. The summed E-state index contributed by atoms with van der Waals surface area (Å²) in [6, 6.07) is -0.311. The molecule has 4 aliphatic rings. The Morgan fingerprint density at radius 2 is 1.88 bits per heavy atom. The van der Waals surface area contributed by atoms with E-state index in [1.165, 1.54) is 12.5 Å². The van der Waals surface area contributed by atoms with Gasteiger partial charge in [-0.3, -0.25) is 14.4 Å². The van der Waals surface area contributed by atoms with Gasteiger partial charge in [-0.15, -0.1) is 0 Å². The van der Waals surface area contributed by atoms with Crippen LogP contribution in [0.3, 0.4) is 0 Å². The van der Waals surface area contributed by atoms with Gasteiger partial charge in [-0.1, -0.05) is 19.4 Å². The summed E-state index contributed by atoms with van der Waals surface area (Å²) in [6.45, 7) is 6.08. The van der Waals surface area contributed by atoms with Gasteiger partial charge in [0.1, 0.15) is 0 Å². The van der Waals surface area contributed by atoms with E-state index in [0.717, 1.165) is 32.1 Å². The zero-order valence-electron chi connectivity index (χ0n) is 15.6. The number of carbonyl (C=O) groups excluding carboxylic acids is 3. The number of allylic oxidation sites excluding steroid dienone is 1. The highest BCUT2D eigenvalue weighted by atomic mass is 16.2. The highest BCUT2D eigenvalue weighted by Gasteiger charge is 2.61. The lowest BCUT2D eigenvalue weighted by Crippen LogP contribution is -2.54. The zero-order chi connectivity index (χ0) is 18.0. The summed E-state index contributed by atoms with van der Waals surface area (Å²) in [4.78, 5) is 36.2. The standard InChI is InChI=1S/C21H29NO3/c1-12(23)22-19-18(25)11-17-15-5-4-13-10-14(24)6-8-20(13,2)16(15)7-9-21(17,19)3/h10,15-17,19H,4-9,11H2,1-3H3,(H,22,23)/t15-,16-,17-,19-,20-,21+/m1/s1. The molecule has 0 aromatic rings. The molecule has 6 atom stereocenters. The summed E-state index contributed by atoms with van der Waals surface area (Å²) in [5.74, 6) is 1.88. The van der Waals surface area contributed by atoms with Crippen LogP contribution in [0.15, 0.2) is 11.6 Å². The first kappa shape index (κ1) is 17.0. The molecule has 3 saturated carbocycles. The molecule has 0 saturated heterocycles. The van der Waals surface area contributed by atoms with Crippen molar-refractivity contribution in [2.24, 2.45) is 28.6 Å². The van der Waals surface area contributed by atoms with Gasteiger partial charge in [-0.25, -0.2) is 0 Å². The van der Waals surface area contributed by atoms with E-state index < -0.39 is 0 Å². The number of amides is 1. The molecule has 0 radical (unpaired) electrons. The van der Waals surface area contributed by atoms with Gasteiger partial charge in [0.2, 0.25) is 5.91 Å². The van der Waals surface area contributed by atoms with Gasteiger partial charge < -0.3 is 5.32 Å². The normalized spacial score (nSPS) is 46.0. The van der Waals surface area contributed by atoms with E-state index in [1.807, 2.05) is 6.08 Å². The monoisotopic (exact) mass is 343 g/mol. The molecule has 0 aromatic heterocycles. The van der Waals surface area contributed by atoms with Crippen molar-refractivity contribution in [3.05, 3.63) is 11.6 Å². The molecule has 4 rings (SSSR count). The average Bonchev–Trinajstić information content (AvgIpc) is 2.79. The third-order valence-electron chi connectivity index (χ3n) is 8.15. The fourth-order valence-corrected chi connectivity index (χ4v) is 6.80. The Labute approximate surface area is 149 Å². The fraction of sp³-hybridized carbons (Fsp3) is 0.762. The van der Waals surface area contributed by atoms with Crippen molar-refractivity contribution in [3.8, 4) is 0 Å². The number of nitrogens with one attached hydrogen (secondary N) is 1. The van der Waals surface area contributed by atoms with E-state index in [1.54, 1.807) is 0 Å². The van der Waals surface area contributed by atoms with Crippen molar-refractivity contribution >= 4 is 17.5 Å². The average molecular weight is 343 g/mol. The molecule has 0 aromatic carbocycles. The first-order valence-electron chi connectivity index (χ1n) is 9.79. The summed E-state index contributed by atoms with van der Waals surface area (Å²) >= 11 is 0. The molecule has 4 heteroatoms. The molecule has 4 aliphatic carbocycles. The van der Waals surface area contributed by atoms with Crippen LogP contribution in [-0.4, -0.2) is 23.5 Å². The van der Waals surface area contributed by atoms with E-state index in [-0.39, 0.29) is 34.3 Å². The van der Waals surface area contributed by atoms with Gasteiger partial charge in [-0.05, 0) is 66.8 Å². The van der Waals surface area contributed by atoms with Crippen molar-refractivity contribution in [1.29, 1.82) is 0 Å². The summed E-state index contributed by atoms with van der Waals surface area (Å²) in [6.07, 6.45) is 8.33. The van der Waals surface area contributed by atoms with E-state index >= 15 is 0 Å². The summed E-state index contributed by atoms with van der Waals surface area (Å²) in [5, 5.41) is 2.95. The Kier molecular flexibility index (Phi) is 3.75. The summed E-state index contributed by atoms with van der Waals surface area (Å²) in [7, 11) is 0. The molecule has 0 unspecified atom stereocenters. The second kappa shape index (κ2) is 5.52. The maximum absolute atomic E-state index is 12.7. The number of hydrogen-bond acceptors (Lipinski definition) is 3. The smallest absolute Gasteiger partial charge is 0.217 e. The second-order valence-corrected chi connectivity index (χ2v) is 9.32. The van der Waals surface area contributed by atoms with Crippen LogP contribution in [0.1, 0.15) is 65.7 Å².